The summed E-state index contributed by atoms with van der Waals surface area (Å²) in [6.45, 7) is 7.55. The van der Waals surface area contributed by atoms with Crippen molar-refractivity contribution in [3.63, 3.8) is 0 Å². The Labute approximate surface area is 233 Å². The molecule has 216 valence electrons. The summed E-state index contributed by atoms with van der Waals surface area (Å²) in [5, 5.41) is 10.5. The van der Waals surface area contributed by atoms with Crippen molar-refractivity contribution in [1.82, 2.24) is 21.3 Å². The average Bonchev–Trinajstić information content (AvgIpc) is 3.35. The molecule has 1 aromatic heterocycles. The molecule has 2 bridgehead atoms. The van der Waals surface area contributed by atoms with E-state index in [4.69, 9.17) is 9.15 Å². The van der Waals surface area contributed by atoms with Gasteiger partial charge in [-0.15, -0.1) is 0 Å². The van der Waals surface area contributed by atoms with Crippen LogP contribution >= 0.6 is 0 Å². The zero-order valence-electron chi connectivity index (χ0n) is 23.3. The topological polar surface area (TPSA) is 156 Å². The van der Waals surface area contributed by atoms with E-state index >= 15 is 0 Å². The summed E-state index contributed by atoms with van der Waals surface area (Å²) in [5.74, 6) is -1.97. The number of hydrogen-bond donors (Lipinski definition) is 4. The van der Waals surface area contributed by atoms with Crippen LogP contribution in [0.4, 0.5) is 4.79 Å². The lowest BCUT2D eigenvalue weighted by Gasteiger charge is -2.27. The van der Waals surface area contributed by atoms with E-state index in [1.807, 2.05) is 44.2 Å². The number of furan rings is 1. The van der Waals surface area contributed by atoms with Crippen LogP contribution in [-0.2, 0) is 43.4 Å². The Morgan fingerprint density at radius 3 is 2.35 bits per heavy atom. The van der Waals surface area contributed by atoms with Crippen molar-refractivity contribution in [2.24, 2.45) is 11.8 Å². The molecule has 3 rings (SSSR count). The second-order valence-corrected chi connectivity index (χ2v) is 10.6. The molecule has 0 spiro atoms. The molecule has 4 N–H and O–H groups in total. The highest BCUT2D eigenvalue weighted by molar-refractivity contribution is 6.38. The molecule has 0 fully saturated rings. The molecule has 4 amide bonds. The predicted octanol–water partition coefficient (Wildman–Crippen LogP) is 2.03. The van der Waals surface area contributed by atoms with Crippen LogP contribution in [0.25, 0.3) is 0 Å². The minimum atomic E-state index is -1.18. The Hall–Kier alpha value is -4.15. The van der Waals surface area contributed by atoms with Gasteiger partial charge in [0.25, 0.3) is 5.91 Å². The summed E-state index contributed by atoms with van der Waals surface area (Å²) in [4.78, 5) is 64.3. The molecule has 3 atom stereocenters. The first-order valence-corrected chi connectivity index (χ1v) is 13.5. The molecule has 2 aromatic rings. The van der Waals surface area contributed by atoms with Crippen molar-refractivity contribution in [2.75, 3.05) is 6.54 Å². The summed E-state index contributed by atoms with van der Waals surface area (Å²) in [6, 6.07) is 9.43. The van der Waals surface area contributed by atoms with Gasteiger partial charge in [-0.3, -0.25) is 19.2 Å². The number of ketones is 1. The zero-order chi connectivity index (χ0) is 29.2. The van der Waals surface area contributed by atoms with Crippen LogP contribution in [0, 0.1) is 11.8 Å². The van der Waals surface area contributed by atoms with Crippen molar-refractivity contribution < 1.29 is 33.1 Å². The lowest BCUT2D eigenvalue weighted by atomic mass is 9.99. The lowest BCUT2D eigenvalue weighted by molar-refractivity contribution is -0.140. The van der Waals surface area contributed by atoms with E-state index in [1.54, 1.807) is 26.0 Å². The van der Waals surface area contributed by atoms with E-state index < -0.39 is 47.7 Å². The summed E-state index contributed by atoms with van der Waals surface area (Å²) >= 11 is 0. The number of hydrogen-bond acceptors (Lipinski definition) is 7. The Morgan fingerprint density at radius 1 is 0.975 bits per heavy atom. The fourth-order valence-corrected chi connectivity index (χ4v) is 4.28. The first-order chi connectivity index (χ1) is 19.0. The van der Waals surface area contributed by atoms with Crippen LogP contribution in [-0.4, -0.2) is 54.3 Å². The van der Waals surface area contributed by atoms with Crippen LogP contribution in [0.1, 0.15) is 51.2 Å². The largest absolute Gasteiger partial charge is 0.466 e. The van der Waals surface area contributed by atoms with Gasteiger partial charge in [0.05, 0.1) is 0 Å². The Kier molecular flexibility index (Phi) is 10.9. The smallest absolute Gasteiger partial charge is 0.408 e. The van der Waals surface area contributed by atoms with Crippen molar-refractivity contribution in [2.45, 2.75) is 71.7 Å². The first-order valence-electron chi connectivity index (χ1n) is 13.5. The number of Topliss-reactive ketones (excluding diaryl/α,β-unsaturated/α-hetero) is 1. The minimum Gasteiger partial charge on any atom is -0.466 e. The summed E-state index contributed by atoms with van der Waals surface area (Å²) in [7, 11) is 0. The van der Waals surface area contributed by atoms with Crippen molar-refractivity contribution in [3.8, 4) is 0 Å². The molecule has 0 saturated carbocycles. The highest BCUT2D eigenvalue weighted by Crippen LogP contribution is 2.14. The van der Waals surface area contributed by atoms with Gasteiger partial charge in [0.1, 0.15) is 36.3 Å². The maximum atomic E-state index is 13.4. The predicted molar refractivity (Wildman–Crippen MR) is 146 cm³/mol. The molecule has 11 heteroatoms. The molecule has 3 unspecified atom stereocenters. The molecule has 1 aliphatic heterocycles. The summed E-state index contributed by atoms with van der Waals surface area (Å²) < 4.78 is 11.0. The molecule has 1 aliphatic rings. The van der Waals surface area contributed by atoms with E-state index in [9.17, 15) is 24.0 Å². The van der Waals surface area contributed by atoms with Crippen molar-refractivity contribution in [3.05, 3.63) is 59.5 Å². The number of benzene rings is 1. The van der Waals surface area contributed by atoms with Crippen molar-refractivity contribution >= 4 is 29.6 Å². The van der Waals surface area contributed by atoms with Crippen molar-refractivity contribution in [1.29, 1.82) is 0 Å². The van der Waals surface area contributed by atoms with Gasteiger partial charge in [0.15, 0.2) is 0 Å². The fraction of sp³-hybridized carbons (Fsp3) is 0.483. The number of nitrogens with one attached hydrogen (secondary N) is 4. The molecule has 1 aromatic carbocycles. The molecule has 0 aliphatic carbocycles. The molecule has 2 heterocycles. The van der Waals surface area contributed by atoms with E-state index in [0.717, 1.165) is 5.56 Å². The van der Waals surface area contributed by atoms with Crippen LogP contribution in [0.15, 0.2) is 46.9 Å². The molecule has 11 nitrogen and oxygen atoms in total. The third-order valence-corrected chi connectivity index (χ3v) is 6.41. The third kappa shape index (κ3) is 8.96. The number of alkyl carbamates (subject to hydrolysis) is 1. The third-order valence-electron chi connectivity index (χ3n) is 6.41. The monoisotopic (exact) mass is 554 g/mol. The van der Waals surface area contributed by atoms with Gasteiger partial charge in [-0.25, -0.2) is 4.79 Å². The second-order valence-electron chi connectivity index (χ2n) is 10.6. The number of fused-ring (bicyclic) bond motifs is 2. The Bertz CT molecular complexity index is 1190. The quantitative estimate of drug-likeness (QED) is 0.328. The number of carbonyl (C=O) groups is 5. The number of ether oxygens (including phenoxy) is 1. The molecule has 40 heavy (non-hydrogen) atoms. The first kappa shape index (κ1) is 30.4. The van der Waals surface area contributed by atoms with Crippen LogP contribution < -0.4 is 21.3 Å². The highest BCUT2D eigenvalue weighted by atomic mass is 16.5. The average molecular weight is 555 g/mol. The molecule has 0 saturated heterocycles. The number of rotatable bonds is 10. The Morgan fingerprint density at radius 2 is 1.68 bits per heavy atom. The van der Waals surface area contributed by atoms with Crippen LogP contribution in [0.3, 0.4) is 0 Å². The number of amides is 4. The summed E-state index contributed by atoms with van der Waals surface area (Å²) in [5.41, 5.74) is 0.798. The van der Waals surface area contributed by atoms with Crippen LogP contribution in [0.5, 0.6) is 0 Å². The fourth-order valence-electron chi connectivity index (χ4n) is 4.28. The maximum absolute atomic E-state index is 13.4. The van der Waals surface area contributed by atoms with E-state index in [1.165, 1.54) is 0 Å². The van der Waals surface area contributed by atoms with E-state index in [-0.39, 0.29) is 37.8 Å². The van der Waals surface area contributed by atoms with Gasteiger partial charge >= 0.3 is 6.09 Å². The van der Waals surface area contributed by atoms with Gasteiger partial charge in [-0.2, -0.15) is 0 Å². The van der Waals surface area contributed by atoms with Crippen LogP contribution in [0.2, 0.25) is 0 Å². The van der Waals surface area contributed by atoms with Gasteiger partial charge < -0.3 is 30.4 Å². The SMILES string of the molecule is CC(C)CC(NC(=O)C(NC(=O)OCc1ccccc1)C(C)C)C(=O)NC1Cc2ccc(o2)CCNC(=O)C1=O. The minimum absolute atomic E-state index is 0.00743. The molecular formula is C29H38N4O7. The van der Waals surface area contributed by atoms with Gasteiger partial charge in [0.2, 0.25) is 17.6 Å². The zero-order valence-corrected chi connectivity index (χ0v) is 23.3. The molecule has 0 radical (unpaired) electrons. The van der Waals surface area contributed by atoms with E-state index in [0.29, 0.717) is 17.9 Å². The van der Waals surface area contributed by atoms with Gasteiger partial charge in [-0.1, -0.05) is 58.0 Å². The standard InChI is InChI=1S/C29H38N4O7/c1-17(2)14-23(26(35)31-22-15-21-11-10-20(40-21)12-13-30-28(37)25(22)34)32-27(36)24(18(3)4)33-29(38)39-16-19-8-6-5-7-9-19/h5-11,17-18,22-24H,12-16H2,1-4H3,(H,30,37)(H,31,35)(H,32,36)(H,33,38). The second kappa shape index (κ2) is 14.3. The normalized spacial score (nSPS) is 17.0. The maximum Gasteiger partial charge on any atom is 0.408 e. The lowest BCUT2D eigenvalue weighted by Crippen LogP contribution is -2.58. The number of carbonyl (C=O) groups excluding carboxylic acids is 5. The Balaban J connectivity index is 1.68. The van der Waals surface area contributed by atoms with Gasteiger partial charge in [-0.05, 0) is 36.0 Å². The molecular weight excluding hydrogens is 516 g/mol. The summed E-state index contributed by atoms with van der Waals surface area (Å²) in [6.07, 6.45) is -0.0649. The highest BCUT2D eigenvalue weighted by Gasteiger charge is 2.34. The van der Waals surface area contributed by atoms with E-state index in [2.05, 4.69) is 21.3 Å². The van der Waals surface area contributed by atoms with Gasteiger partial charge in [0, 0.05) is 19.4 Å².